The predicted octanol–water partition coefficient (Wildman–Crippen LogP) is 7.43. The maximum atomic E-state index is 11.1. The highest BCUT2D eigenvalue weighted by Gasteiger charge is 2.05. The molecule has 0 aliphatic carbocycles. The van der Waals surface area contributed by atoms with Crippen LogP contribution in [0.1, 0.15) is 33.4 Å². The van der Waals surface area contributed by atoms with Crippen LogP contribution in [0.4, 0.5) is 0 Å². The Bertz CT molecular complexity index is 1430. The molecule has 0 unspecified atom stereocenters. The minimum absolute atomic E-state index is 0.0978. The molecule has 0 spiro atoms. The zero-order chi connectivity index (χ0) is 26.1. The van der Waals surface area contributed by atoms with Crippen molar-refractivity contribution in [1.82, 2.24) is 0 Å². The van der Waals surface area contributed by atoms with Gasteiger partial charge in [-0.05, 0) is 99.8 Å². The van der Waals surface area contributed by atoms with E-state index in [1.54, 1.807) is 6.08 Å². The van der Waals surface area contributed by atoms with Gasteiger partial charge in [-0.25, -0.2) is 4.79 Å². The first kappa shape index (κ1) is 26.7. The number of rotatable bonds is 7. The number of hydrogen-bond acceptors (Lipinski definition) is 3. The summed E-state index contributed by atoms with van der Waals surface area (Å²) in [5, 5.41) is 14.0. The average Bonchev–Trinajstić information content (AvgIpc) is 2.90. The number of aliphatic hydroxyl groups excluding tert-OH is 1. The van der Waals surface area contributed by atoms with Crippen LogP contribution in [-0.4, -0.2) is 18.2 Å². The third kappa shape index (κ3) is 6.38. The van der Waals surface area contributed by atoms with Gasteiger partial charge in [-0.15, -0.1) is 13.2 Å². The summed E-state index contributed by atoms with van der Waals surface area (Å²) in [5.41, 5.74) is 7.15. The molecule has 3 heteroatoms. The van der Waals surface area contributed by atoms with Gasteiger partial charge in [-0.3, -0.25) is 0 Å². The zero-order valence-corrected chi connectivity index (χ0v) is 21.4. The lowest BCUT2D eigenvalue weighted by molar-refractivity contribution is -0.134. The van der Waals surface area contributed by atoms with Crippen LogP contribution in [0.3, 0.4) is 0 Å². The Labute approximate surface area is 214 Å². The normalized spacial score (nSPS) is 10.8. The lowest BCUT2D eigenvalue weighted by atomic mass is 9.96. The van der Waals surface area contributed by atoms with Crippen LogP contribution in [0.15, 0.2) is 92.0 Å². The number of methoxy groups -OCH3 is 1. The van der Waals surface area contributed by atoms with Gasteiger partial charge in [0.15, 0.2) is 0 Å². The van der Waals surface area contributed by atoms with Crippen molar-refractivity contribution in [2.24, 2.45) is 0 Å². The molecule has 0 fully saturated rings. The minimum Gasteiger partial charge on any atom is -0.466 e. The van der Waals surface area contributed by atoms with Gasteiger partial charge in [0.25, 0.3) is 0 Å². The number of ether oxygens (including phenoxy) is 1. The molecule has 0 saturated carbocycles. The Morgan fingerprint density at radius 3 is 1.92 bits per heavy atom. The zero-order valence-electron chi connectivity index (χ0n) is 21.4. The Balaban J connectivity index is 0.000000205. The van der Waals surface area contributed by atoms with E-state index in [0.29, 0.717) is 0 Å². The second kappa shape index (κ2) is 12.7. The van der Waals surface area contributed by atoms with Crippen molar-refractivity contribution >= 4 is 33.6 Å². The van der Waals surface area contributed by atoms with E-state index < -0.39 is 0 Å². The van der Waals surface area contributed by atoms with E-state index in [0.717, 1.165) is 24.0 Å². The number of benzene rings is 4. The Kier molecular flexibility index (Phi) is 9.38. The summed E-state index contributed by atoms with van der Waals surface area (Å²) in [4.78, 5) is 11.1. The highest BCUT2D eigenvalue weighted by molar-refractivity contribution is 5.91. The average molecular weight is 479 g/mol. The van der Waals surface area contributed by atoms with Crippen molar-refractivity contribution in [1.29, 1.82) is 0 Å². The molecule has 4 aromatic carbocycles. The first-order valence-corrected chi connectivity index (χ1v) is 12.0. The molecule has 0 aliphatic heterocycles. The van der Waals surface area contributed by atoms with Gasteiger partial charge in [0, 0.05) is 6.08 Å². The van der Waals surface area contributed by atoms with Crippen LogP contribution in [0.25, 0.3) is 27.6 Å². The van der Waals surface area contributed by atoms with E-state index in [1.165, 1.54) is 57.0 Å². The summed E-state index contributed by atoms with van der Waals surface area (Å²) in [7, 11) is 1.37. The van der Waals surface area contributed by atoms with E-state index in [9.17, 15) is 4.79 Å². The number of aryl methyl sites for hydroxylation is 2. The summed E-state index contributed by atoms with van der Waals surface area (Å²) < 4.78 is 4.59. The molecule has 0 radical (unpaired) electrons. The maximum absolute atomic E-state index is 11.1. The van der Waals surface area contributed by atoms with Gasteiger partial charge in [0.2, 0.25) is 0 Å². The molecule has 0 heterocycles. The van der Waals surface area contributed by atoms with Crippen molar-refractivity contribution in [3.63, 3.8) is 0 Å². The molecule has 36 heavy (non-hydrogen) atoms. The van der Waals surface area contributed by atoms with E-state index >= 15 is 0 Å². The van der Waals surface area contributed by atoms with Crippen molar-refractivity contribution in [3.05, 3.63) is 125 Å². The number of hydrogen-bond donors (Lipinski definition) is 1. The van der Waals surface area contributed by atoms with Crippen LogP contribution in [0, 0.1) is 13.8 Å². The van der Waals surface area contributed by atoms with Gasteiger partial charge in [-0.1, -0.05) is 60.7 Å². The molecular weight excluding hydrogens is 444 g/mol. The van der Waals surface area contributed by atoms with Crippen LogP contribution >= 0.6 is 0 Å². The van der Waals surface area contributed by atoms with Crippen LogP contribution in [0.5, 0.6) is 0 Å². The molecule has 0 bridgehead atoms. The summed E-state index contributed by atoms with van der Waals surface area (Å²) in [6, 6.07) is 20.7. The molecule has 0 aliphatic rings. The maximum Gasteiger partial charge on any atom is 0.330 e. The Morgan fingerprint density at radius 2 is 1.39 bits per heavy atom. The summed E-state index contributed by atoms with van der Waals surface area (Å²) in [5.74, 6) is -0.346. The fourth-order valence-electron chi connectivity index (χ4n) is 4.34. The topological polar surface area (TPSA) is 46.5 Å². The predicted molar refractivity (Wildman–Crippen MR) is 152 cm³/mol. The third-order valence-corrected chi connectivity index (χ3v) is 6.31. The van der Waals surface area contributed by atoms with Crippen molar-refractivity contribution in [2.45, 2.75) is 33.3 Å². The van der Waals surface area contributed by atoms with Crippen molar-refractivity contribution in [2.75, 3.05) is 7.11 Å². The molecule has 0 amide bonds. The highest BCUT2D eigenvalue weighted by atomic mass is 16.5. The second-order valence-electron chi connectivity index (χ2n) is 8.76. The van der Waals surface area contributed by atoms with Crippen LogP contribution < -0.4 is 0 Å². The van der Waals surface area contributed by atoms with Gasteiger partial charge in [-0.2, -0.15) is 0 Å². The second-order valence-corrected chi connectivity index (χ2v) is 8.76. The summed E-state index contributed by atoms with van der Waals surface area (Å²) in [6.45, 7) is 12.0. The van der Waals surface area contributed by atoms with Gasteiger partial charge in [0.05, 0.1) is 13.7 Å². The molecule has 0 saturated heterocycles. The molecular formula is C33H34O3. The molecule has 0 aromatic heterocycles. The van der Waals surface area contributed by atoms with Gasteiger partial charge >= 0.3 is 5.97 Å². The molecule has 3 nitrogen and oxygen atoms in total. The van der Waals surface area contributed by atoms with Crippen LogP contribution in [-0.2, 0) is 29.0 Å². The number of allylic oxidation sites excluding steroid dienone is 2. The lowest BCUT2D eigenvalue weighted by Crippen LogP contribution is -1.93. The molecule has 4 rings (SSSR count). The quantitative estimate of drug-likeness (QED) is 0.171. The number of esters is 1. The van der Waals surface area contributed by atoms with E-state index in [2.05, 4.69) is 74.2 Å². The first-order chi connectivity index (χ1) is 17.4. The van der Waals surface area contributed by atoms with Gasteiger partial charge in [0.1, 0.15) is 0 Å². The number of carbonyl (C=O) groups excluding carboxylic acids is 1. The molecule has 4 aromatic rings. The SMILES string of the molecule is C=CCc1c(C)ccc2cc(/C=C/C(=O)OC)ccc12.C=CCc1c(C)ccc2cc(CO)ccc12. The smallest absolute Gasteiger partial charge is 0.330 e. The van der Waals surface area contributed by atoms with E-state index in [1.807, 2.05) is 30.4 Å². The first-order valence-electron chi connectivity index (χ1n) is 12.0. The highest BCUT2D eigenvalue weighted by Crippen LogP contribution is 2.25. The molecule has 1 N–H and O–H groups in total. The van der Waals surface area contributed by atoms with Crippen molar-refractivity contribution in [3.8, 4) is 0 Å². The largest absolute Gasteiger partial charge is 0.466 e. The Hall–Kier alpha value is -3.95. The van der Waals surface area contributed by atoms with E-state index in [-0.39, 0.29) is 12.6 Å². The van der Waals surface area contributed by atoms with Crippen molar-refractivity contribution < 1.29 is 14.6 Å². The van der Waals surface area contributed by atoms with Gasteiger partial charge < -0.3 is 9.84 Å². The summed E-state index contributed by atoms with van der Waals surface area (Å²) >= 11 is 0. The number of fused-ring (bicyclic) bond motifs is 2. The number of aliphatic hydroxyl groups is 1. The Morgan fingerprint density at radius 1 is 0.833 bits per heavy atom. The third-order valence-electron chi connectivity index (χ3n) is 6.31. The summed E-state index contributed by atoms with van der Waals surface area (Å²) in [6.07, 6.45) is 8.80. The number of carbonyl (C=O) groups is 1. The standard InChI is InChI=1S/C18H18O2.C15H16O/c1-4-5-16-13(2)6-9-15-12-14(7-10-17(15)16)8-11-18(19)20-3;1-3-4-14-11(2)5-7-13-9-12(10-16)6-8-15(13)14/h4,6-12H,1,5H2,2-3H3;3,5-9,16H,1,4,10H2,2H3/b11-8+;. The molecule has 184 valence electrons. The van der Waals surface area contributed by atoms with E-state index in [4.69, 9.17) is 5.11 Å². The minimum atomic E-state index is -0.346. The lowest BCUT2D eigenvalue weighted by Gasteiger charge is -2.09. The van der Waals surface area contributed by atoms with Crippen LogP contribution in [0.2, 0.25) is 0 Å². The monoisotopic (exact) mass is 478 g/mol. The fourth-order valence-corrected chi connectivity index (χ4v) is 4.34. The molecule has 0 atom stereocenters. The fraction of sp³-hybridized carbons (Fsp3) is 0.182.